The van der Waals surface area contributed by atoms with Crippen LogP contribution in [0.25, 0.3) is 0 Å². The number of carbonyl (C=O) groups is 2. The van der Waals surface area contributed by atoms with Crippen LogP contribution in [0.4, 0.5) is 11.4 Å². The molecule has 156 valence electrons. The molecule has 2 rings (SSSR count). The number of benzene rings is 2. The van der Waals surface area contributed by atoms with Gasteiger partial charge in [0.2, 0.25) is 10.0 Å². The normalized spacial score (nSPS) is 11.2. The molecule has 0 atom stereocenters. The summed E-state index contributed by atoms with van der Waals surface area (Å²) in [4.78, 5) is 26.5. The summed E-state index contributed by atoms with van der Waals surface area (Å²) in [5, 5.41) is 0. The van der Waals surface area contributed by atoms with Gasteiger partial charge in [0.15, 0.2) is 6.61 Å². The third-order valence-electron chi connectivity index (χ3n) is 4.23. The van der Waals surface area contributed by atoms with Gasteiger partial charge in [-0.1, -0.05) is 36.4 Å². The molecule has 0 unspecified atom stereocenters. The fourth-order valence-electron chi connectivity index (χ4n) is 2.92. The quantitative estimate of drug-likeness (QED) is 0.616. The number of amides is 1. The van der Waals surface area contributed by atoms with Gasteiger partial charge in [0.25, 0.3) is 5.91 Å². The summed E-state index contributed by atoms with van der Waals surface area (Å²) in [7, 11) is -3.71. The van der Waals surface area contributed by atoms with Gasteiger partial charge in [-0.2, -0.15) is 0 Å². The molecule has 0 heterocycles. The number of esters is 1. The molecule has 0 N–H and O–H groups in total. The van der Waals surface area contributed by atoms with Gasteiger partial charge in [-0.05, 0) is 44.5 Å². The standard InChI is InChI=1S/C21H26N2O5S/c1-16(2)23(18-11-6-5-7-12-18)20(24)15-28-21(25)14-22(29(4,26)27)19-13-9-8-10-17(19)3/h5-13,16H,14-15H2,1-4H3. The van der Waals surface area contributed by atoms with E-state index in [0.29, 0.717) is 16.9 Å². The SMILES string of the molecule is Cc1ccccc1N(CC(=O)OCC(=O)N(c1ccccc1)C(C)C)S(C)(=O)=O. The maximum absolute atomic E-state index is 12.6. The molecule has 0 saturated heterocycles. The monoisotopic (exact) mass is 418 g/mol. The van der Waals surface area contributed by atoms with Gasteiger partial charge in [0.05, 0.1) is 11.9 Å². The van der Waals surface area contributed by atoms with E-state index in [-0.39, 0.29) is 11.9 Å². The number of anilines is 2. The van der Waals surface area contributed by atoms with Crippen molar-refractivity contribution in [3.8, 4) is 0 Å². The minimum atomic E-state index is -3.71. The Hall–Kier alpha value is -2.87. The summed E-state index contributed by atoms with van der Waals surface area (Å²) in [5.74, 6) is -1.19. The van der Waals surface area contributed by atoms with E-state index in [0.717, 1.165) is 10.6 Å². The van der Waals surface area contributed by atoms with Crippen molar-refractivity contribution in [3.63, 3.8) is 0 Å². The Morgan fingerprint density at radius 1 is 1.00 bits per heavy atom. The van der Waals surface area contributed by atoms with Crippen molar-refractivity contribution in [1.82, 2.24) is 0 Å². The Kier molecular flexibility index (Phi) is 7.39. The highest BCUT2D eigenvalue weighted by atomic mass is 32.2. The molecule has 0 radical (unpaired) electrons. The number of carbonyl (C=O) groups excluding carboxylic acids is 2. The number of hydrogen-bond acceptors (Lipinski definition) is 5. The summed E-state index contributed by atoms with van der Waals surface area (Å²) in [6.45, 7) is 4.48. The highest BCUT2D eigenvalue weighted by Gasteiger charge is 2.25. The van der Waals surface area contributed by atoms with E-state index in [9.17, 15) is 18.0 Å². The third-order valence-corrected chi connectivity index (χ3v) is 5.36. The maximum atomic E-state index is 12.6. The molecule has 2 aromatic carbocycles. The van der Waals surface area contributed by atoms with Gasteiger partial charge in [0, 0.05) is 11.7 Å². The topological polar surface area (TPSA) is 84.0 Å². The molecule has 1 amide bonds. The lowest BCUT2D eigenvalue weighted by atomic mass is 10.2. The van der Waals surface area contributed by atoms with Crippen LogP contribution in [-0.2, 0) is 24.3 Å². The number of para-hydroxylation sites is 2. The Morgan fingerprint density at radius 2 is 1.59 bits per heavy atom. The van der Waals surface area contributed by atoms with Gasteiger partial charge in [-0.25, -0.2) is 8.42 Å². The van der Waals surface area contributed by atoms with Crippen LogP contribution in [0.5, 0.6) is 0 Å². The van der Waals surface area contributed by atoms with E-state index < -0.39 is 29.1 Å². The smallest absolute Gasteiger partial charge is 0.327 e. The van der Waals surface area contributed by atoms with E-state index in [4.69, 9.17) is 4.74 Å². The minimum absolute atomic E-state index is 0.136. The number of rotatable bonds is 8. The fourth-order valence-corrected chi connectivity index (χ4v) is 3.82. The largest absolute Gasteiger partial charge is 0.454 e. The second-order valence-corrected chi connectivity index (χ2v) is 8.82. The molecule has 0 aliphatic heterocycles. The van der Waals surface area contributed by atoms with Crippen LogP contribution < -0.4 is 9.21 Å². The summed E-state index contributed by atoms with van der Waals surface area (Å²) in [6.07, 6.45) is 1.02. The number of nitrogens with zero attached hydrogens (tertiary/aromatic N) is 2. The second-order valence-electron chi connectivity index (χ2n) is 6.91. The van der Waals surface area contributed by atoms with Crippen molar-refractivity contribution in [2.24, 2.45) is 0 Å². The molecule has 29 heavy (non-hydrogen) atoms. The lowest BCUT2D eigenvalue weighted by Crippen LogP contribution is -2.41. The van der Waals surface area contributed by atoms with E-state index >= 15 is 0 Å². The lowest BCUT2D eigenvalue weighted by Gasteiger charge is -2.27. The molecular formula is C21H26N2O5S. The highest BCUT2D eigenvalue weighted by molar-refractivity contribution is 7.92. The average Bonchev–Trinajstić information content (AvgIpc) is 2.65. The number of hydrogen-bond donors (Lipinski definition) is 0. The highest BCUT2D eigenvalue weighted by Crippen LogP contribution is 2.22. The summed E-state index contributed by atoms with van der Waals surface area (Å²) in [5.41, 5.74) is 1.80. The lowest BCUT2D eigenvalue weighted by molar-refractivity contribution is -0.146. The van der Waals surface area contributed by atoms with Crippen LogP contribution in [0.15, 0.2) is 54.6 Å². The van der Waals surface area contributed by atoms with Crippen molar-refractivity contribution < 1.29 is 22.7 Å². The van der Waals surface area contributed by atoms with Crippen LogP contribution in [0.1, 0.15) is 19.4 Å². The second kappa shape index (κ2) is 9.56. The zero-order valence-electron chi connectivity index (χ0n) is 17.0. The van der Waals surface area contributed by atoms with Gasteiger partial charge in [-0.15, -0.1) is 0 Å². The first-order chi connectivity index (χ1) is 13.6. The van der Waals surface area contributed by atoms with Crippen LogP contribution in [-0.4, -0.2) is 45.7 Å². The van der Waals surface area contributed by atoms with Crippen LogP contribution in [0.2, 0.25) is 0 Å². The molecular weight excluding hydrogens is 392 g/mol. The van der Waals surface area contributed by atoms with E-state index in [1.807, 2.05) is 32.0 Å². The van der Waals surface area contributed by atoms with Crippen molar-refractivity contribution >= 4 is 33.3 Å². The molecule has 0 saturated carbocycles. The van der Waals surface area contributed by atoms with Crippen molar-refractivity contribution in [2.45, 2.75) is 26.8 Å². The number of ether oxygens (including phenoxy) is 1. The minimum Gasteiger partial charge on any atom is -0.454 e. The number of aryl methyl sites for hydroxylation is 1. The summed E-state index contributed by atoms with van der Waals surface area (Å²) >= 11 is 0. The van der Waals surface area contributed by atoms with Gasteiger partial charge < -0.3 is 9.64 Å². The molecule has 2 aromatic rings. The van der Waals surface area contributed by atoms with E-state index in [1.54, 1.807) is 43.3 Å². The number of sulfonamides is 1. The van der Waals surface area contributed by atoms with Gasteiger partial charge >= 0.3 is 5.97 Å². The first kappa shape index (κ1) is 22.4. The molecule has 0 fully saturated rings. The molecule has 0 aliphatic carbocycles. The maximum Gasteiger partial charge on any atom is 0.327 e. The molecule has 0 bridgehead atoms. The Labute approximate surface area is 171 Å². The molecule has 0 spiro atoms. The van der Waals surface area contributed by atoms with Crippen molar-refractivity contribution in [2.75, 3.05) is 28.6 Å². The third kappa shape index (κ3) is 6.05. The molecule has 7 nitrogen and oxygen atoms in total. The molecule has 0 aliphatic rings. The first-order valence-corrected chi connectivity index (χ1v) is 11.0. The molecule has 0 aromatic heterocycles. The average molecular weight is 419 g/mol. The van der Waals surface area contributed by atoms with E-state index in [2.05, 4.69) is 0 Å². The predicted octanol–water partition coefficient (Wildman–Crippen LogP) is 2.75. The Balaban J connectivity index is 2.09. The summed E-state index contributed by atoms with van der Waals surface area (Å²) in [6, 6.07) is 15.8. The molecule has 8 heteroatoms. The van der Waals surface area contributed by atoms with Gasteiger partial charge in [-0.3, -0.25) is 13.9 Å². The zero-order chi connectivity index (χ0) is 21.6. The van der Waals surface area contributed by atoms with Crippen LogP contribution in [0, 0.1) is 6.92 Å². The Morgan fingerprint density at radius 3 is 2.14 bits per heavy atom. The fraction of sp³-hybridized carbons (Fsp3) is 0.333. The summed E-state index contributed by atoms with van der Waals surface area (Å²) < 4.78 is 30.5. The Bertz CT molecular complexity index is 958. The zero-order valence-corrected chi connectivity index (χ0v) is 17.8. The van der Waals surface area contributed by atoms with Crippen LogP contribution >= 0.6 is 0 Å². The predicted molar refractivity (Wildman–Crippen MR) is 113 cm³/mol. The van der Waals surface area contributed by atoms with E-state index in [1.165, 1.54) is 4.90 Å². The van der Waals surface area contributed by atoms with Crippen molar-refractivity contribution in [1.29, 1.82) is 0 Å². The first-order valence-electron chi connectivity index (χ1n) is 9.17. The van der Waals surface area contributed by atoms with Gasteiger partial charge in [0.1, 0.15) is 6.54 Å². The van der Waals surface area contributed by atoms with Crippen molar-refractivity contribution in [3.05, 3.63) is 60.2 Å². The van der Waals surface area contributed by atoms with Crippen LogP contribution in [0.3, 0.4) is 0 Å².